The van der Waals surface area contributed by atoms with Gasteiger partial charge in [-0.15, -0.1) is 0 Å². The van der Waals surface area contributed by atoms with Crippen LogP contribution in [0.25, 0.3) is 0 Å². The van der Waals surface area contributed by atoms with Crippen molar-refractivity contribution >= 4 is 17.5 Å². The Bertz CT molecular complexity index is 1580. The molecule has 0 spiro atoms. The smallest absolute Gasteiger partial charge is 0.253 e. The molecule has 4 atom stereocenters. The number of amides is 1. The van der Waals surface area contributed by atoms with E-state index >= 15 is 0 Å². The Kier molecular flexibility index (Phi) is 10.1. The maximum Gasteiger partial charge on any atom is 0.253 e. The summed E-state index contributed by atoms with van der Waals surface area (Å²) in [5.41, 5.74) is 4.29. The van der Waals surface area contributed by atoms with Crippen molar-refractivity contribution in [2.45, 2.75) is 57.0 Å². The Balaban J connectivity index is 1.15. The summed E-state index contributed by atoms with van der Waals surface area (Å²) in [6.45, 7) is 4.73. The van der Waals surface area contributed by atoms with Crippen LogP contribution >= 0.6 is 11.6 Å². The number of rotatable bonds is 9. The summed E-state index contributed by atoms with van der Waals surface area (Å²) < 4.78 is 13.3. The number of ether oxygens (including phenoxy) is 2. The second-order valence-corrected chi connectivity index (χ2v) is 12.8. The zero-order chi connectivity index (χ0) is 32.1. The Hall–Kier alpha value is -3.63. The van der Waals surface area contributed by atoms with Gasteiger partial charge in [-0.1, -0.05) is 79.2 Å². The number of hydrogen-bond acceptors (Lipinski definition) is 7. The third-order valence-corrected chi connectivity index (χ3v) is 9.51. The quantitative estimate of drug-likeness (QED) is 0.208. The lowest BCUT2D eigenvalue weighted by molar-refractivity contribution is -0.277. The fourth-order valence-corrected chi connectivity index (χ4v) is 6.44. The van der Waals surface area contributed by atoms with E-state index in [2.05, 4.69) is 22.1 Å². The maximum absolute atomic E-state index is 12.5. The van der Waals surface area contributed by atoms with Crippen LogP contribution in [0.2, 0.25) is 5.02 Å². The molecule has 8 nitrogen and oxygen atoms in total. The van der Waals surface area contributed by atoms with Crippen molar-refractivity contribution < 1.29 is 24.5 Å². The number of halogens is 1. The van der Waals surface area contributed by atoms with Gasteiger partial charge in [-0.05, 0) is 59.4 Å². The Labute approximate surface area is 275 Å². The highest BCUT2D eigenvalue weighted by Gasteiger charge is 2.41. The number of nitrogens with one attached hydrogen (secondary N) is 1. The molecule has 1 aromatic heterocycles. The first kappa shape index (κ1) is 32.3. The molecule has 0 bridgehead atoms. The van der Waals surface area contributed by atoms with E-state index in [0.29, 0.717) is 36.5 Å². The molecule has 2 aliphatic heterocycles. The van der Waals surface area contributed by atoms with Crippen molar-refractivity contribution in [2.75, 3.05) is 19.6 Å². The van der Waals surface area contributed by atoms with E-state index in [9.17, 15) is 15.0 Å². The van der Waals surface area contributed by atoms with Crippen LogP contribution in [-0.4, -0.2) is 51.7 Å². The van der Waals surface area contributed by atoms with Crippen molar-refractivity contribution in [2.24, 2.45) is 5.92 Å². The van der Waals surface area contributed by atoms with Crippen LogP contribution in [0, 0.1) is 5.92 Å². The van der Waals surface area contributed by atoms with Gasteiger partial charge in [0.25, 0.3) is 5.91 Å². The molecule has 2 saturated heterocycles. The second-order valence-electron chi connectivity index (χ2n) is 12.3. The van der Waals surface area contributed by atoms with Crippen LogP contribution < -0.4 is 5.32 Å². The number of benzene rings is 3. The summed E-state index contributed by atoms with van der Waals surface area (Å²) in [4.78, 5) is 18.8. The van der Waals surface area contributed by atoms with Crippen LogP contribution in [0.3, 0.4) is 0 Å². The number of carbonyl (C=O) groups is 1. The number of likely N-dealkylation sites (tertiary alicyclic amines) is 1. The van der Waals surface area contributed by atoms with Gasteiger partial charge in [0.05, 0.1) is 30.0 Å². The highest BCUT2D eigenvalue weighted by molar-refractivity contribution is 6.30. The van der Waals surface area contributed by atoms with Gasteiger partial charge < -0.3 is 29.9 Å². The SMILES string of the molecule is C[C@H]1[C@@H](CN2CCC(O)(c3ccc(Cl)cc3)CC2)O[C@@H](c2ccc(CNC(=O)c3cccnc3)cc2)O[C@H]1c1ccc(CO)cc1. The number of carbonyl (C=O) groups excluding carboxylic acids is 1. The lowest BCUT2D eigenvalue weighted by atomic mass is 9.84. The first-order valence-corrected chi connectivity index (χ1v) is 16.2. The molecule has 0 aliphatic carbocycles. The van der Waals surface area contributed by atoms with E-state index in [-0.39, 0.29) is 30.6 Å². The first-order valence-electron chi connectivity index (χ1n) is 15.8. The zero-order valence-electron chi connectivity index (χ0n) is 25.9. The third kappa shape index (κ3) is 7.50. The molecule has 1 amide bonds. The van der Waals surface area contributed by atoms with E-state index in [1.807, 2.05) is 72.8 Å². The predicted molar refractivity (Wildman–Crippen MR) is 176 cm³/mol. The first-order chi connectivity index (χ1) is 22.3. The Morgan fingerprint density at radius 2 is 1.63 bits per heavy atom. The van der Waals surface area contributed by atoms with Crippen molar-refractivity contribution in [1.82, 2.24) is 15.2 Å². The molecule has 240 valence electrons. The molecule has 3 N–H and O–H groups in total. The minimum absolute atomic E-state index is 0.0118. The molecule has 3 heterocycles. The number of nitrogens with zero attached hydrogens (tertiary/aromatic N) is 2. The number of hydrogen-bond donors (Lipinski definition) is 3. The van der Waals surface area contributed by atoms with Gasteiger partial charge in [0.1, 0.15) is 0 Å². The normalized spacial score (nSPS) is 23.1. The lowest BCUT2D eigenvalue weighted by Crippen LogP contribution is -2.49. The molecule has 3 aromatic carbocycles. The minimum atomic E-state index is -0.873. The van der Waals surface area contributed by atoms with E-state index in [0.717, 1.165) is 40.9 Å². The largest absolute Gasteiger partial charge is 0.392 e. The minimum Gasteiger partial charge on any atom is -0.392 e. The van der Waals surface area contributed by atoms with Crippen molar-refractivity contribution in [3.8, 4) is 0 Å². The molecule has 6 rings (SSSR count). The molecule has 0 unspecified atom stereocenters. The van der Waals surface area contributed by atoms with Crippen LogP contribution in [0.5, 0.6) is 0 Å². The summed E-state index contributed by atoms with van der Waals surface area (Å²) in [5, 5.41) is 24.6. The fraction of sp³-hybridized carbons (Fsp3) is 0.351. The monoisotopic (exact) mass is 641 g/mol. The van der Waals surface area contributed by atoms with E-state index in [4.69, 9.17) is 21.1 Å². The number of aliphatic hydroxyl groups is 2. The van der Waals surface area contributed by atoms with Gasteiger partial charge >= 0.3 is 0 Å². The average Bonchev–Trinajstić information content (AvgIpc) is 3.10. The van der Waals surface area contributed by atoms with E-state index in [1.165, 1.54) is 0 Å². The highest BCUT2D eigenvalue weighted by Crippen LogP contribution is 2.42. The summed E-state index contributed by atoms with van der Waals surface area (Å²) in [6, 6.07) is 26.8. The van der Waals surface area contributed by atoms with Crippen molar-refractivity contribution in [1.29, 1.82) is 0 Å². The number of aliphatic hydroxyl groups excluding tert-OH is 1. The van der Waals surface area contributed by atoms with Gasteiger partial charge in [-0.2, -0.15) is 0 Å². The molecule has 2 aliphatic rings. The third-order valence-electron chi connectivity index (χ3n) is 9.26. The molecule has 2 fully saturated rings. The molecular weight excluding hydrogens is 602 g/mol. The highest BCUT2D eigenvalue weighted by atomic mass is 35.5. The summed E-state index contributed by atoms with van der Waals surface area (Å²) in [7, 11) is 0. The summed E-state index contributed by atoms with van der Waals surface area (Å²) >= 11 is 6.08. The van der Waals surface area contributed by atoms with E-state index in [1.54, 1.807) is 24.5 Å². The van der Waals surface area contributed by atoms with Crippen molar-refractivity contribution in [3.05, 3.63) is 136 Å². The average molecular weight is 642 g/mol. The van der Waals surface area contributed by atoms with Gasteiger partial charge in [0.2, 0.25) is 0 Å². The zero-order valence-corrected chi connectivity index (χ0v) is 26.6. The van der Waals surface area contributed by atoms with Crippen LogP contribution in [0.1, 0.15) is 70.3 Å². The Morgan fingerprint density at radius 3 is 2.28 bits per heavy atom. The number of piperidine rings is 1. The standard InChI is InChI=1S/C37H40ClN3O5/c1-25-33(23-41-19-16-37(44,17-20-41)31-12-14-32(38)15-13-31)45-36(46-34(25)28-8-6-27(24-42)7-9-28)29-10-4-26(5-11-29)21-40-35(43)30-3-2-18-39-22-30/h2-15,18,22,25,33-34,36,42,44H,16-17,19-21,23-24H2,1H3,(H,40,43)/t25-,33+,34+,36+/m0/s1. The molecule has 0 radical (unpaired) electrons. The fourth-order valence-electron chi connectivity index (χ4n) is 6.31. The van der Waals surface area contributed by atoms with Gasteiger partial charge in [-0.3, -0.25) is 9.78 Å². The number of aromatic nitrogens is 1. The Morgan fingerprint density at radius 1 is 0.957 bits per heavy atom. The maximum atomic E-state index is 12.5. The topological polar surface area (TPSA) is 104 Å². The predicted octanol–water partition coefficient (Wildman–Crippen LogP) is 5.93. The van der Waals surface area contributed by atoms with Crippen molar-refractivity contribution in [3.63, 3.8) is 0 Å². The van der Waals surface area contributed by atoms with Gasteiger partial charge in [0.15, 0.2) is 6.29 Å². The van der Waals surface area contributed by atoms with Gasteiger partial charge in [-0.25, -0.2) is 0 Å². The summed E-state index contributed by atoms with van der Waals surface area (Å²) in [6.07, 6.45) is 3.51. The summed E-state index contributed by atoms with van der Waals surface area (Å²) in [5.74, 6) is -0.123. The van der Waals surface area contributed by atoms with Crippen LogP contribution in [0.15, 0.2) is 97.3 Å². The molecule has 0 saturated carbocycles. The molecule has 4 aromatic rings. The van der Waals surface area contributed by atoms with Gasteiger partial charge in [0, 0.05) is 55.1 Å². The molecular formula is C37H40ClN3O5. The lowest BCUT2D eigenvalue weighted by Gasteiger charge is -2.45. The number of pyridine rings is 1. The van der Waals surface area contributed by atoms with Crippen LogP contribution in [-0.2, 0) is 28.2 Å². The molecule has 9 heteroatoms. The second kappa shape index (κ2) is 14.4. The molecule has 46 heavy (non-hydrogen) atoms. The van der Waals surface area contributed by atoms with E-state index < -0.39 is 11.9 Å². The van der Waals surface area contributed by atoms with Crippen LogP contribution in [0.4, 0.5) is 0 Å².